The topological polar surface area (TPSA) is 118 Å². The fourth-order valence-electron chi connectivity index (χ4n) is 3.51. The Hall–Kier alpha value is -2.40. The van der Waals surface area contributed by atoms with Gasteiger partial charge >= 0.3 is 13.3 Å². The van der Waals surface area contributed by atoms with Crippen molar-refractivity contribution in [3.05, 3.63) is 70.8 Å². The first kappa shape index (κ1) is 34.8. The van der Waals surface area contributed by atoms with Gasteiger partial charge in [-0.25, -0.2) is 4.79 Å². The molecule has 0 spiro atoms. The van der Waals surface area contributed by atoms with Gasteiger partial charge in [0, 0.05) is 11.8 Å². The number of nitrogens with one attached hydrogen (secondary N) is 1. The van der Waals surface area contributed by atoms with E-state index in [4.69, 9.17) is 18.2 Å². The van der Waals surface area contributed by atoms with E-state index in [1.807, 2.05) is 6.07 Å². The van der Waals surface area contributed by atoms with Gasteiger partial charge in [-0.2, -0.15) is 4.98 Å². The minimum Gasteiger partial charge on any atom is -0.414 e. The lowest BCUT2D eigenvalue weighted by atomic mass is 10.1. The third kappa shape index (κ3) is 10.7. The number of aromatic nitrogens is 2. The van der Waals surface area contributed by atoms with Gasteiger partial charge in [0.15, 0.2) is 8.32 Å². The minimum atomic E-state index is -3.52. The first-order valence-electron chi connectivity index (χ1n) is 13.7. The summed E-state index contributed by atoms with van der Waals surface area (Å²) in [7, 11) is -5.71. The van der Waals surface area contributed by atoms with Crippen molar-refractivity contribution in [3.8, 4) is 0 Å². The summed E-state index contributed by atoms with van der Waals surface area (Å²) in [5.74, 6) is -0.244. The Morgan fingerprint density at radius 1 is 1.07 bits per heavy atom. The molecule has 0 aliphatic rings. The number of benzene rings is 1. The molecule has 10 nitrogen and oxygen atoms in total. The van der Waals surface area contributed by atoms with E-state index in [0.29, 0.717) is 11.1 Å². The molecule has 0 bridgehead atoms. The SMILES string of the molecule is C=C(COCP(=O)(OC(C)C)OC(C)C)C(CO[Si](C)(C)C(C)(C)C)n1ccc(NC(=O)c2ccccc2)nc1=O. The zero-order chi connectivity index (χ0) is 31.0. The van der Waals surface area contributed by atoms with Gasteiger partial charge in [0.2, 0.25) is 0 Å². The van der Waals surface area contributed by atoms with Gasteiger partial charge in [0.05, 0.1) is 31.5 Å². The second-order valence-electron chi connectivity index (χ2n) is 12.0. The third-order valence-corrected chi connectivity index (χ3v) is 13.1. The lowest BCUT2D eigenvalue weighted by molar-refractivity contribution is 0.102. The number of nitrogens with zero attached hydrogens (tertiary/aromatic N) is 2. The molecule has 1 amide bonds. The molecule has 41 heavy (non-hydrogen) atoms. The molecule has 1 N–H and O–H groups in total. The smallest absolute Gasteiger partial charge is 0.356 e. The number of carbonyl (C=O) groups excluding carboxylic acids is 1. The Labute approximate surface area is 245 Å². The number of amides is 1. The van der Waals surface area contributed by atoms with Crippen molar-refractivity contribution in [2.24, 2.45) is 0 Å². The standard InChI is InChI=1S/C29H46N3O7PSi/c1-21(2)38-40(35,39-22(3)4)20-36-18-23(5)25(19-37-41(9,10)29(6,7)8)32-17-16-26(31-28(32)34)30-27(33)24-14-12-11-13-15-24/h11-17,21-22,25H,5,18-20H2,1-4,6-10H3,(H,30,31,33,34). The van der Waals surface area contributed by atoms with Crippen LogP contribution in [0.25, 0.3) is 0 Å². The van der Waals surface area contributed by atoms with Gasteiger partial charge in [0.25, 0.3) is 5.91 Å². The molecular formula is C29H46N3O7PSi. The maximum absolute atomic E-state index is 13.2. The average molecular weight is 608 g/mol. The van der Waals surface area contributed by atoms with Crippen molar-refractivity contribution in [1.82, 2.24) is 9.55 Å². The largest absolute Gasteiger partial charge is 0.414 e. The third-order valence-electron chi connectivity index (χ3n) is 6.60. The van der Waals surface area contributed by atoms with E-state index in [-0.39, 0.29) is 48.5 Å². The van der Waals surface area contributed by atoms with E-state index in [1.165, 1.54) is 4.57 Å². The highest BCUT2D eigenvalue weighted by molar-refractivity contribution is 7.53. The van der Waals surface area contributed by atoms with Crippen LogP contribution in [-0.4, -0.2) is 55.5 Å². The molecule has 0 saturated carbocycles. The molecule has 2 rings (SSSR count). The molecule has 0 saturated heterocycles. The number of rotatable bonds is 15. The molecular weight excluding hydrogens is 561 g/mol. The minimum absolute atomic E-state index is 0.0165. The molecule has 1 aromatic carbocycles. The summed E-state index contributed by atoms with van der Waals surface area (Å²) in [6, 6.07) is 9.59. The molecule has 1 unspecified atom stereocenters. The Kier molecular flexibility index (Phi) is 12.4. The van der Waals surface area contributed by atoms with Crippen LogP contribution in [0.3, 0.4) is 0 Å². The van der Waals surface area contributed by atoms with Crippen molar-refractivity contribution in [1.29, 1.82) is 0 Å². The van der Waals surface area contributed by atoms with Crippen molar-refractivity contribution in [2.45, 2.75) is 84.8 Å². The fraction of sp³-hybridized carbons (Fsp3) is 0.552. The summed E-state index contributed by atoms with van der Waals surface area (Å²) < 4.78 is 38.0. The Bertz CT molecular complexity index is 1260. The van der Waals surface area contributed by atoms with Gasteiger partial charge < -0.3 is 23.5 Å². The lowest BCUT2D eigenvalue weighted by Crippen LogP contribution is -2.43. The highest BCUT2D eigenvalue weighted by Gasteiger charge is 2.38. The molecule has 2 aromatic rings. The predicted molar refractivity (Wildman–Crippen MR) is 165 cm³/mol. The van der Waals surface area contributed by atoms with Crippen molar-refractivity contribution >= 4 is 27.6 Å². The molecule has 1 atom stereocenters. The molecule has 0 aliphatic carbocycles. The first-order chi connectivity index (χ1) is 18.9. The van der Waals surface area contributed by atoms with E-state index in [2.05, 4.69) is 50.7 Å². The Balaban J connectivity index is 2.27. The zero-order valence-electron chi connectivity index (χ0n) is 25.8. The van der Waals surface area contributed by atoms with Gasteiger partial charge in [-0.1, -0.05) is 45.5 Å². The highest BCUT2D eigenvalue weighted by Crippen LogP contribution is 2.50. The number of ether oxygens (including phenoxy) is 1. The molecule has 12 heteroatoms. The van der Waals surface area contributed by atoms with Crippen LogP contribution in [0, 0.1) is 0 Å². The monoisotopic (exact) mass is 607 g/mol. The second-order valence-corrected chi connectivity index (χ2v) is 18.7. The average Bonchev–Trinajstić information content (AvgIpc) is 2.84. The molecule has 0 aliphatic heterocycles. The van der Waals surface area contributed by atoms with Crippen LogP contribution in [0.2, 0.25) is 18.1 Å². The normalized spacial score (nSPS) is 13.4. The van der Waals surface area contributed by atoms with Crippen LogP contribution < -0.4 is 11.0 Å². The Morgan fingerprint density at radius 2 is 1.66 bits per heavy atom. The number of hydrogen-bond donors (Lipinski definition) is 1. The van der Waals surface area contributed by atoms with Gasteiger partial charge in [-0.05, 0) is 69.6 Å². The van der Waals surface area contributed by atoms with Gasteiger partial charge in [-0.3, -0.25) is 13.9 Å². The summed E-state index contributed by atoms with van der Waals surface area (Å²) in [4.78, 5) is 29.8. The summed E-state index contributed by atoms with van der Waals surface area (Å²) in [6.07, 6.45) is 0.649. The predicted octanol–water partition coefficient (Wildman–Crippen LogP) is 6.63. The van der Waals surface area contributed by atoms with Gasteiger partial charge in [-0.15, -0.1) is 0 Å². The number of anilines is 1. The van der Waals surface area contributed by atoms with Crippen molar-refractivity contribution < 1.29 is 27.6 Å². The van der Waals surface area contributed by atoms with E-state index >= 15 is 0 Å². The van der Waals surface area contributed by atoms with Crippen LogP contribution in [0.4, 0.5) is 5.82 Å². The first-order valence-corrected chi connectivity index (χ1v) is 18.4. The van der Waals surface area contributed by atoms with Crippen LogP contribution in [0.5, 0.6) is 0 Å². The fourth-order valence-corrected chi connectivity index (χ4v) is 6.29. The summed E-state index contributed by atoms with van der Waals surface area (Å²) in [5, 5.41) is 2.60. The van der Waals surface area contributed by atoms with Gasteiger partial charge in [0.1, 0.15) is 12.2 Å². The number of hydrogen-bond acceptors (Lipinski definition) is 8. The van der Waals surface area contributed by atoms with Crippen LogP contribution in [-0.2, 0) is 22.8 Å². The molecule has 1 aromatic heterocycles. The maximum Gasteiger partial charge on any atom is 0.356 e. The number of carbonyl (C=O) groups is 1. The van der Waals surface area contributed by atoms with E-state index < -0.39 is 27.6 Å². The Morgan fingerprint density at radius 3 is 2.17 bits per heavy atom. The van der Waals surface area contributed by atoms with Crippen LogP contribution in [0.1, 0.15) is 64.9 Å². The van der Waals surface area contributed by atoms with Crippen molar-refractivity contribution in [2.75, 3.05) is 24.9 Å². The van der Waals surface area contributed by atoms with E-state index in [1.54, 1.807) is 64.2 Å². The van der Waals surface area contributed by atoms with Crippen LogP contribution >= 0.6 is 7.60 Å². The van der Waals surface area contributed by atoms with Crippen molar-refractivity contribution in [3.63, 3.8) is 0 Å². The molecule has 0 fully saturated rings. The quantitative estimate of drug-likeness (QED) is 0.136. The van der Waals surface area contributed by atoms with E-state index in [0.717, 1.165) is 0 Å². The van der Waals surface area contributed by atoms with Crippen LogP contribution in [0.15, 0.2) is 59.5 Å². The maximum atomic E-state index is 13.2. The molecule has 228 valence electrons. The molecule has 0 radical (unpaired) electrons. The summed E-state index contributed by atoms with van der Waals surface area (Å²) >= 11 is 0. The zero-order valence-corrected chi connectivity index (χ0v) is 27.7. The second kappa shape index (κ2) is 14.7. The van der Waals surface area contributed by atoms with E-state index in [9.17, 15) is 14.2 Å². The lowest BCUT2D eigenvalue weighted by Gasteiger charge is -2.37. The summed E-state index contributed by atoms with van der Waals surface area (Å²) in [6.45, 7) is 22.0. The highest BCUT2D eigenvalue weighted by atomic mass is 31.2. The molecule has 1 heterocycles. The summed E-state index contributed by atoms with van der Waals surface area (Å²) in [5.41, 5.74) is 0.386.